The highest BCUT2D eigenvalue weighted by molar-refractivity contribution is 6.35. The second kappa shape index (κ2) is 13.9. The number of nitrogens with one attached hydrogen (secondary N) is 1. The Bertz CT molecular complexity index is 1540. The topological polar surface area (TPSA) is 101 Å². The second-order valence-corrected chi connectivity index (χ2v) is 16.1. The highest BCUT2D eigenvalue weighted by atomic mass is 35.5. The molecule has 47 heavy (non-hydrogen) atoms. The zero-order valence-electron chi connectivity index (χ0n) is 26.9. The van der Waals surface area contributed by atoms with E-state index in [0.29, 0.717) is 31.9 Å². The minimum atomic E-state index is 0.00947. The zero-order chi connectivity index (χ0) is 33.5. The van der Waals surface area contributed by atoms with Crippen molar-refractivity contribution < 1.29 is 9.59 Å². The maximum atomic E-state index is 12.8. The van der Waals surface area contributed by atoms with Crippen LogP contribution >= 0.6 is 46.4 Å². The van der Waals surface area contributed by atoms with Gasteiger partial charge in [0.15, 0.2) is 0 Å². The number of hydrogen-bond donors (Lipinski definition) is 1. The molecule has 4 saturated carbocycles. The molecule has 7 rings (SSSR count). The highest BCUT2D eigenvalue weighted by Crippen LogP contribution is 2.64. The van der Waals surface area contributed by atoms with Gasteiger partial charge in [0.2, 0.25) is 5.91 Å². The van der Waals surface area contributed by atoms with Crippen molar-refractivity contribution in [2.45, 2.75) is 100 Å². The van der Waals surface area contributed by atoms with Crippen molar-refractivity contribution in [3.63, 3.8) is 0 Å². The Morgan fingerprint density at radius 3 is 1.83 bits per heavy atom. The maximum Gasteiger partial charge on any atom is 0.317 e. The fourth-order valence-electron chi connectivity index (χ4n) is 8.75. The van der Waals surface area contributed by atoms with Crippen LogP contribution in [-0.2, 0) is 15.6 Å². The number of fused-ring (bicyclic) bond motifs is 2. The van der Waals surface area contributed by atoms with Gasteiger partial charge in [-0.15, -0.1) is 0 Å². The van der Waals surface area contributed by atoms with E-state index in [1.54, 1.807) is 19.1 Å². The first-order valence-electron chi connectivity index (χ1n) is 16.7. The van der Waals surface area contributed by atoms with Crippen LogP contribution in [0.1, 0.15) is 82.3 Å². The van der Waals surface area contributed by atoms with Crippen LogP contribution in [-0.4, -0.2) is 60.0 Å². The third kappa shape index (κ3) is 7.47. The standard InChI is InChI=1S/C22H29Cl2N3O2.C13H13Cl2N3/c1-14(28)27-7-4-20(5-8-27)26(2)21(29)25-19-3-6-22(13-16(22)11-19)15-9-17(23)12-18(24)10-15;14-10-3-8(4-11(15)6-10)13-2-1-12(17-18-16)5-9(13)7-13/h9-10,12,16,19-20H,3-8,11,13H2,1-2H3,(H,25,29);3-4,6,9,12H,1-2,5,7H2/t16?,19-,22-;9?,12-,13-/m00/s1. The van der Waals surface area contributed by atoms with E-state index < -0.39 is 0 Å². The summed E-state index contributed by atoms with van der Waals surface area (Å²) < 4.78 is 0. The van der Waals surface area contributed by atoms with Gasteiger partial charge >= 0.3 is 6.03 Å². The number of benzene rings is 2. The molecule has 3 amide bonds. The number of urea groups is 1. The van der Waals surface area contributed by atoms with Crippen LogP contribution in [0.4, 0.5) is 4.79 Å². The third-order valence-corrected chi connectivity index (χ3v) is 12.5. The maximum absolute atomic E-state index is 12.8. The molecule has 1 N–H and O–H groups in total. The summed E-state index contributed by atoms with van der Waals surface area (Å²) in [7, 11) is 1.88. The molecule has 8 nitrogen and oxygen atoms in total. The van der Waals surface area contributed by atoms with Crippen molar-refractivity contribution in [3.8, 4) is 0 Å². The van der Waals surface area contributed by atoms with E-state index in [9.17, 15) is 9.59 Å². The Kier molecular flexibility index (Phi) is 10.2. The molecule has 1 heterocycles. The molecule has 0 spiro atoms. The van der Waals surface area contributed by atoms with Crippen molar-refractivity contribution in [1.82, 2.24) is 15.1 Å². The van der Waals surface area contributed by atoms with Gasteiger partial charge in [-0.05, 0) is 140 Å². The molecular weight excluding hydrogens is 678 g/mol. The predicted molar refractivity (Wildman–Crippen MR) is 188 cm³/mol. The first-order chi connectivity index (χ1) is 22.4. The lowest BCUT2D eigenvalue weighted by molar-refractivity contribution is -0.130. The van der Waals surface area contributed by atoms with Crippen molar-refractivity contribution >= 4 is 58.3 Å². The van der Waals surface area contributed by atoms with Gasteiger partial charge in [-0.1, -0.05) is 51.5 Å². The summed E-state index contributed by atoms with van der Waals surface area (Å²) in [5.74, 6) is 1.32. The van der Waals surface area contributed by atoms with E-state index in [0.717, 1.165) is 70.9 Å². The number of carbonyl (C=O) groups excluding carboxylic acids is 2. The van der Waals surface area contributed by atoms with Crippen LogP contribution in [0.2, 0.25) is 20.1 Å². The summed E-state index contributed by atoms with van der Waals surface area (Å²) in [5, 5.41) is 9.90. The van der Waals surface area contributed by atoms with Crippen LogP contribution < -0.4 is 5.32 Å². The third-order valence-electron chi connectivity index (χ3n) is 11.6. The quantitative estimate of drug-likeness (QED) is 0.189. The molecule has 2 aromatic carbocycles. The van der Waals surface area contributed by atoms with Gasteiger partial charge in [0, 0.05) is 70.2 Å². The number of rotatable bonds is 5. The van der Waals surface area contributed by atoms with E-state index in [-0.39, 0.29) is 40.9 Å². The predicted octanol–water partition coefficient (Wildman–Crippen LogP) is 9.57. The molecule has 252 valence electrons. The Morgan fingerprint density at radius 2 is 1.36 bits per heavy atom. The van der Waals surface area contributed by atoms with Gasteiger partial charge in [-0.3, -0.25) is 4.79 Å². The SMILES string of the molecule is CC(=O)N1CCC(N(C)C(=O)N[C@H]2CC[C@@]3(c4cc(Cl)cc(Cl)c4)CC3C2)CC1.[N-]=[N+]=N[C@H]1CC[C@@]2(c3cc(Cl)cc(Cl)c3)CC2C1. The van der Waals surface area contributed by atoms with Crippen molar-refractivity contribution in [1.29, 1.82) is 0 Å². The lowest BCUT2D eigenvalue weighted by atomic mass is 9.81. The number of piperidine rings is 1. The van der Waals surface area contributed by atoms with Crippen LogP contribution in [0.3, 0.4) is 0 Å². The number of azide groups is 1. The fourth-order valence-corrected chi connectivity index (χ4v) is 9.81. The molecule has 2 aromatic rings. The van der Waals surface area contributed by atoms with Gasteiger partial charge in [0.1, 0.15) is 0 Å². The number of halogens is 4. The van der Waals surface area contributed by atoms with E-state index in [4.69, 9.17) is 51.9 Å². The average Bonchev–Trinajstić information content (AvgIpc) is 3.94. The number of hydrogen-bond acceptors (Lipinski definition) is 3. The van der Waals surface area contributed by atoms with E-state index in [1.807, 2.05) is 41.1 Å². The normalized spacial score (nSPS) is 30.8. The Hall–Kier alpha value is -2.35. The lowest BCUT2D eigenvalue weighted by Crippen LogP contribution is -2.52. The zero-order valence-corrected chi connectivity index (χ0v) is 29.9. The van der Waals surface area contributed by atoms with Crippen LogP contribution in [0.25, 0.3) is 10.4 Å². The molecule has 0 radical (unpaired) electrons. The van der Waals surface area contributed by atoms with Crippen LogP contribution in [0.15, 0.2) is 41.5 Å². The highest BCUT2D eigenvalue weighted by Gasteiger charge is 2.58. The minimum Gasteiger partial charge on any atom is -0.343 e. The van der Waals surface area contributed by atoms with Gasteiger partial charge in [-0.2, -0.15) is 0 Å². The van der Waals surface area contributed by atoms with Gasteiger partial charge < -0.3 is 15.1 Å². The molecule has 0 bridgehead atoms. The van der Waals surface area contributed by atoms with E-state index >= 15 is 0 Å². The summed E-state index contributed by atoms with van der Waals surface area (Å²) in [6, 6.07) is 12.3. The van der Waals surface area contributed by atoms with Gasteiger partial charge in [-0.25, -0.2) is 4.79 Å². The van der Waals surface area contributed by atoms with Crippen molar-refractivity contribution in [2.24, 2.45) is 17.0 Å². The Labute approximate surface area is 297 Å². The fraction of sp³-hybridized carbons (Fsp3) is 0.600. The summed E-state index contributed by atoms with van der Waals surface area (Å²) in [6.07, 6.45) is 10.1. The molecule has 1 saturated heterocycles. The number of nitrogens with zero attached hydrogens (tertiary/aromatic N) is 5. The average molecular weight is 721 g/mol. The van der Waals surface area contributed by atoms with Gasteiger partial charge in [0.25, 0.3) is 0 Å². The van der Waals surface area contributed by atoms with Crippen LogP contribution in [0.5, 0.6) is 0 Å². The molecule has 6 atom stereocenters. The molecule has 1 aliphatic heterocycles. The van der Waals surface area contributed by atoms with Crippen molar-refractivity contribution in [2.75, 3.05) is 20.1 Å². The van der Waals surface area contributed by atoms with Gasteiger partial charge in [0.05, 0.1) is 0 Å². The lowest BCUT2D eigenvalue weighted by Gasteiger charge is -2.37. The molecule has 2 unspecified atom stereocenters. The molecule has 5 fully saturated rings. The second-order valence-electron chi connectivity index (χ2n) is 14.3. The number of carbonyl (C=O) groups is 2. The van der Waals surface area contributed by atoms with E-state index in [1.165, 1.54) is 17.5 Å². The Balaban J connectivity index is 0.000000183. The molecule has 4 aliphatic carbocycles. The summed E-state index contributed by atoms with van der Waals surface area (Å²) in [6.45, 7) is 3.07. The molecule has 12 heteroatoms. The van der Waals surface area contributed by atoms with E-state index in [2.05, 4.69) is 15.3 Å². The molecular formula is C35H42Cl4N6O2. The summed E-state index contributed by atoms with van der Waals surface area (Å²) in [5.41, 5.74) is 11.4. The molecule has 5 aliphatic rings. The van der Waals surface area contributed by atoms with Crippen molar-refractivity contribution in [3.05, 3.63) is 78.1 Å². The van der Waals surface area contributed by atoms with Crippen LogP contribution in [0, 0.1) is 11.8 Å². The number of likely N-dealkylation sites (tertiary alicyclic amines) is 1. The number of amides is 3. The Morgan fingerprint density at radius 1 is 0.851 bits per heavy atom. The summed E-state index contributed by atoms with van der Waals surface area (Å²) in [4.78, 5) is 30.9. The first kappa shape index (κ1) is 34.5. The summed E-state index contributed by atoms with van der Waals surface area (Å²) >= 11 is 24.6. The monoisotopic (exact) mass is 718 g/mol. The first-order valence-corrected chi connectivity index (χ1v) is 18.2. The largest absolute Gasteiger partial charge is 0.343 e. The smallest absolute Gasteiger partial charge is 0.317 e. The minimum absolute atomic E-state index is 0.00947. The molecule has 0 aromatic heterocycles.